The van der Waals surface area contributed by atoms with Gasteiger partial charge in [-0.15, -0.1) is 0 Å². The number of sulfonamides is 1. The first-order valence-electron chi connectivity index (χ1n) is 11.2. The minimum Gasteiger partial charge on any atom is -0.457 e. The van der Waals surface area contributed by atoms with E-state index in [2.05, 4.69) is 5.32 Å². The lowest BCUT2D eigenvalue weighted by Gasteiger charge is -2.17. The molecule has 1 saturated heterocycles. The number of benzene rings is 2. The summed E-state index contributed by atoms with van der Waals surface area (Å²) in [6.07, 6.45) is 0.869. The third-order valence-electron chi connectivity index (χ3n) is 5.56. The van der Waals surface area contributed by atoms with Crippen molar-refractivity contribution >= 4 is 50.3 Å². The number of carbonyl (C=O) groups excluding carboxylic acids is 2. The van der Waals surface area contributed by atoms with Gasteiger partial charge in [0, 0.05) is 41.9 Å². The molecule has 4 rings (SSSR count). The topological polar surface area (TPSA) is 132 Å². The van der Waals surface area contributed by atoms with Gasteiger partial charge in [-0.2, -0.15) is 4.31 Å². The van der Waals surface area contributed by atoms with Gasteiger partial charge in [-0.05, 0) is 50.1 Å². The van der Waals surface area contributed by atoms with E-state index in [9.17, 15) is 22.8 Å². The average Bonchev–Trinajstić information content (AvgIpc) is 3.38. The summed E-state index contributed by atoms with van der Waals surface area (Å²) in [7, 11) is -3.84. The van der Waals surface area contributed by atoms with Crippen molar-refractivity contribution in [1.82, 2.24) is 4.31 Å². The molecular weight excluding hydrogens is 512 g/mol. The maximum absolute atomic E-state index is 12.9. The number of esters is 1. The number of amides is 1. The highest BCUT2D eigenvalue weighted by molar-refractivity contribution is 7.89. The number of hydrogen-bond acceptors (Lipinski definition) is 8. The Hall–Kier alpha value is -3.41. The fourth-order valence-corrected chi connectivity index (χ4v) is 5.85. The van der Waals surface area contributed by atoms with Crippen molar-refractivity contribution in [3.8, 4) is 0 Å². The second-order valence-electron chi connectivity index (χ2n) is 7.98. The minimum absolute atomic E-state index is 0.00497. The van der Waals surface area contributed by atoms with Crippen LogP contribution in [0.4, 0.5) is 10.5 Å². The van der Waals surface area contributed by atoms with E-state index in [1.54, 1.807) is 19.1 Å². The number of ether oxygens (including phenoxy) is 2. The largest absolute Gasteiger partial charge is 0.457 e. The number of rotatable bonds is 7. The van der Waals surface area contributed by atoms with E-state index in [-0.39, 0.29) is 34.3 Å². The highest BCUT2D eigenvalue weighted by Crippen LogP contribution is 2.29. The highest BCUT2D eigenvalue weighted by Gasteiger charge is 2.30. The molecule has 0 unspecified atom stereocenters. The van der Waals surface area contributed by atoms with Crippen LogP contribution in [-0.4, -0.2) is 44.5 Å². The molecule has 1 aromatic heterocycles. The Labute approximate surface area is 211 Å². The van der Waals surface area contributed by atoms with Gasteiger partial charge in [0.05, 0.1) is 17.2 Å². The second-order valence-corrected chi connectivity index (χ2v) is 10.3. The fraction of sp³-hybridized carbons (Fsp3) is 0.292. The third-order valence-corrected chi connectivity index (χ3v) is 7.94. The molecule has 36 heavy (non-hydrogen) atoms. The van der Waals surface area contributed by atoms with Gasteiger partial charge in [0.25, 0.3) is 0 Å². The van der Waals surface area contributed by atoms with Crippen LogP contribution in [0.2, 0.25) is 5.02 Å². The van der Waals surface area contributed by atoms with Gasteiger partial charge in [-0.1, -0.05) is 11.6 Å². The molecule has 0 radical (unpaired) electrons. The average molecular weight is 535 g/mol. The number of hydrogen-bond donors (Lipinski definition) is 1. The van der Waals surface area contributed by atoms with Crippen LogP contribution in [0.15, 0.2) is 56.6 Å². The number of fused-ring (bicyclic) bond motifs is 1. The van der Waals surface area contributed by atoms with Gasteiger partial charge in [-0.25, -0.2) is 22.8 Å². The molecule has 3 aromatic rings. The molecule has 1 fully saturated rings. The van der Waals surface area contributed by atoms with Crippen molar-refractivity contribution in [2.75, 3.05) is 25.0 Å². The van der Waals surface area contributed by atoms with E-state index in [1.165, 1.54) is 34.6 Å². The van der Waals surface area contributed by atoms with Gasteiger partial charge in [0.1, 0.15) is 17.1 Å². The molecule has 1 aliphatic rings. The Balaban J connectivity index is 1.54. The van der Waals surface area contributed by atoms with Crippen molar-refractivity contribution in [2.24, 2.45) is 0 Å². The molecule has 12 heteroatoms. The van der Waals surface area contributed by atoms with Crippen molar-refractivity contribution in [3.05, 3.63) is 69.0 Å². The highest BCUT2D eigenvalue weighted by atomic mass is 35.5. The van der Waals surface area contributed by atoms with E-state index in [0.717, 1.165) is 12.8 Å². The van der Waals surface area contributed by atoms with Crippen molar-refractivity contribution in [1.29, 1.82) is 0 Å². The normalized spacial score (nSPS) is 14.1. The lowest BCUT2D eigenvalue weighted by molar-refractivity contribution is 0.0473. The molecule has 0 aliphatic carbocycles. The standard InChI is InChI=1S/C24H23ClN2O8S/c1-2-33-24(30)26-17-6-7-18-16(12-22(28)35-20(18)13-17)14-34-23(29)15-5-8-19(25)21(11-15)36(31,32)27-9-3-4-10-27/h5-8,11-13H,2-4,9-10,14H2,1H3,(H,26,30). The molecule has 0 bridgehead atoms. The van der Waals surface area contributed by atoms with Gasteiger partial charge in [-0.3, -0.25) is 5.32 Å². The molecule has 10 nitrogen and oxygen atoms in total. The van der Waals surface area contributed by atoms with Crippen LogP contribution < -0.4 is 10.9 Å². The van der Waals surface area contributed by atoms with E-state index < -0.39 is 27.7 Å². The minimum atomic E-state index is -3.84. The summed E-state index contributed by atoms with van der Waals surface area (Å²) in [6, 6.07) is 9.74. The first kappa shape index (κ1) is 25.7. The number of anilines is 1. The van der Waals surface area contributed by atoms with Crippen LogP contribution in [0, 0.1) is 0 Å². The van der Waals surface area contributed by atoms with Gasteiger partial charge in [0.15, 0.2) is 0 Å². The Kier molecular flexibility index (Phi) is 7.62. The number of nitrogens with one attached hydrogen (secondary N) is 1. The van der Waals surface area contributed by atoms with E-state index in [1.807, 2.05) is 0 Å². The monoisotopic (exact) mass is 534 g/mol. The number of nitrogens with zero attached hydrogens (tertiary/aromatic N) is 1. The first-order valence-corrected chi connectivity index (χ1v) is 13.0. The van der Waals surface area contributed by atoms with Crippen molar-refractivity contribution < 1.29 is 31.9 Å². The summed E-state index contributed by atoms with van der Waals surface area (Å²) in [5, 5.41) is 3.02. The summed E-state index contributed by atoms with van der Waals surface area (Å²) >= 11 is 6.14. The van der Waals surface area contributed by atoms with Crippen molar-refractivity contribution in [3.63, 3.8) is 0 Å². The Morgan fingerprint density at radius 1 is 1.08 bits per heavy atom. The number of halogens is 1. The molecule has 0 atom stereocenters. The quantitative estimate of drug-likeness (QED) is 0.353. The molecule has 0 saturated carbocycles. The van der Waals surface area contributed by atoms with Gasteiger partial charge in [0.2, 0.25) is 10.0 Å². The molecule has 1 aliphatic heterocycles. The Bertz CT molecular complexity index is 1480. The summed E-state index contributed by atoms with van der Waals surface area (Å²) in [6.45, 7) is 2.39. The molecule has 0 spiro atoms. The zero-order valence-electron chi connectivity index (χ0n) is 19.3. The van der Waals surface area contributed by atoms with E-state index in [4.69, 9.17) is 25.5 Å². The van der Waals surface area contributed by atoms with Crippen molar-refractivity contribution in [2.45, 2.75) is 31.3 Å². The van der Waals surface area contributed by atoms with Gasteiger partial charge < -0.3 is 13.9 Å². The summed E-state index contributed by atoms with van der Waals surface area (Å²) < 4.78 is 42.6. The lowest BCUT2D eigenvalue weighted by Crippen LogP contribution is -2.28. The van der Waals surface area contributed by atoms with Crippen LogP contribution in [0.25, 0.3) is 11.0 Å². The fourth-order valence-electron chi connectivity index (χ4n) is 3.83. The number of carbonyl (C=O) groups is 2. The third kappa shape index (κ3) is 5.53. The zero-order valence-corrected chi connectivity index (χ0v) is 20.9. The second kappa shape index (κ2) is 10.7. The molecule has 190 valence electrons. The predicted molar refractivity (Wildman–Crippen MR) is 132 cm³/mol. The van der Waals surface area contributed by atoms with Crippen LogP contribution in [0.1, 0.15) is 35.7 Å². The Morgan fingerprint density at radius 2 is 1.83 bits per heavy atom. The molecule has 2 aromatic carbocycles. The maximum atomic E-state index is 12.9. The summed E-state index contributed by atoms with van der Waals surface area (Å²) in [5.74, 6) is -0.786. The summed E-state index contributed by atoms with van der Waals surface area (Å²) in [5.41, 5.74) is 0.230. The van der Waals surface area contributed by atoms with Gasteiger partial charge >= 0.3 is 17.7 Å². The first-order chi connectivity index (χ1) is 17.2. The van der Waals surface area contributed by atoms with Crippen LogP contribution in [0.5, 0.6) is 0 Å². The predicted octanol–water partition coefficient (Wildman–Crippen LogP) is 4.16. The van der Waals surface area contributed by atoms with Crippen LogP contribution in [0.3, 0.4) is 0 Å². The SMILES string of the molecule is CCOC(=O)Nc1ccc2c(COC(=O)c3ccc(Cl)c(S(=O)(=O)N4CCCC4)c3)cc(=O)oc2c1. The van der Waals surface area contributed by atoms with E-state index >= 15 is 0 Å². The maximum Gasteiger partial charge on any atom is 0.411 e. The molecule has 1 amide bonds. The van der Waals surface area contributed by atoms with E-state index in [0.29, 0.717) is 29.7 Å². The Morgan fingerprint density at radius 3 is 2.56 bits per heavy atom. The van der Waals surface area contributed by atoms with Crippen LogP contribution in [-0.2, 0) is 26.1 Å². The smallest absolute Gasteiger partial charge is 0.411 e. The molecule has 1 N–H and O–H groups in total. The zero-order chi connectivity index (χ0) is 25.9. The molecule has 2 heterocycles. The molecular formula is C24H23ClN2O8S. The summed E-state index contributed by atoms with van der Waals surface area (Å²) in [4.78, 5) is 36.3. The lowest BCUT2D eigenvalue weighted by atomic mass is 10.1. The van der Waals surface area contributed by atoms with Crippen LogP contribution >= 0.6 is 11.6 Å².